The van der Waals surface area contributed by atoms with Crippen molar-refractivity contribution in [1.82, 2.24) is 15.8 Å². The number of nitrogens with one attached hydrogen (secondary N) is 3. The average Bonchev–Trinajstić information content (AvgIpc) is 3.19. The molecule has 3 rings (SSSR count). The number of aromatic nitrogens is 1. The molecule has 0 atom stereocenters. The summed E-state index contributed by atoms with van der Waals surface area (Å²) in [7, 11) is 0. The molecule has 0 saturated heterocycles. The number of hydrogen-bond donors (Lipinski definition) is 3. The summed E-state index contributed by atoms with van der Waals surface area (Å²) >= 11 is 0. The van der Waals surface area contributed by atoms with Crippen LogP contribution in [0.1, 0.15) is 75.8 Å². The molecule has 2 aromatic rings. The second-order valence-corrected chi connectivity index (χ2v) is 8.10. The van der Waals surface area contributed by atoms with E-state index in [1.165, 1.54) is 0 Å². The molecule has 1 aliphatic carbocycles. The van der Waals surface area contributed by atoms with Gasteiger partial charge in [0.1, 0.15) is 0 Å². The molecular formula is C24H35N5O2. The topological polar surface area (TPSA) is 91.5 Å². The predicted molar refractivity (Wildman–Crippen MR) is 124 cm³/mol. The van der Waals surface area contributed by atoms with E-state index in [1.807, 2.05) is 37.3 Å². The quantitative estimate of drug-likeness (QED) is 0.383. The van der Waals surface area contributed by atoms with Gasteiger partial charge in [0, 0.05) is 30.1 Å². The highest BCUT2D eigenvalue weighted by Gasteiger charge is 2.25. The average molecular weight is 426 g/mol. The summed E-state index contributed by atoms with van der Waals surface area (Å²) < 4.78 is 5.49. The summed E-state index contributed by atoms with van der Waals surface area (Å²) in [6.45, 7) is 8.18. The van der Waals surface area contributed by atoms with Gasteiger partial charge in [-0.15, -0.1) is 0 Å². The standard InChI is InChI=1S/C24H35N5O2/c1-4-18(5-2)22-14-21(31-29-22)16-27-24(25-6-3)26-15-17-9-7-12-20(13-17)28-23(30)19-10-8-11-19/h7,9,12-14,18-19H,4-6,8,10-11,15-16H2,1-3H3,(H,28,30)(H2,25,26,27). The number of carbonyl (C=O) groups excluding carboxylic acids is 1. The van der Waals surface area contributed by atoms with Crippen LogP contribution in [0.15, 0.2) is 39.8 Å². The zero-order valence-corrected chi connectivity index (χ0v) is 18.9. The van der Waals surface area contributed by atoms with Crippen molar-refractivity contribution in [2.24, 2.45) is 10.9 Å². The molecular weight excluding hydrogens is 390 g/mol. The SMILES string of the molecule is CCNC(=NCc1cccc(NC(=O)C2CCC2)c1)NCc1cc(C(CC)CC)no1. The zero-order chi connectivity index (χ0) is 22.1. The van der Waals surface area contributed by atoms with Crippen molar-refractivity contribution in [2.45, 2.75) is 71.9 Å². The number of benzene rings is 1. The van der Waals surface area contributed by atoms with Gasteiger partial charge in [0.05, 0.1) is 18.8 Å². The monoisotopic (exact) mass is 425 g/mol. The Balaban J connectivity index is 1.56. The molecule has 0 radical (unpaired) electrons. The van der Waals surface area contributed by atoms with E-state index in [1.54, 1.807) is 0 Å². The molecule has 1 saturated carbocycles. The number of carbonyl (C=O) groups is 1. The number of nitrogens with zero attached hydrogens (tertiary/aromatic N) is 2. The third-order valence-corrected chi connectivity index (χ3v) is 5.85. The zero-order valence-electron chi connectivity index (χ0n) is 18.9. The summed E-state index contributed by atoms with van der Waals surface area (Å²) in [4.78, 5) is 16.9. The first kappa shape index (κ1) is 22.8. The normalized spacial score (nSPS) is 14.4. The summed E-state index contributed by atoms with van der Waals surface area (Å²) in [6, 6.07) is 9.92. The first-order valence-corrected chi connectivity index (χ1v) is 11.5. The van der Waals surface area contributed by atoms with Gasteiger partial charge in [-0.1, -0.05) is 37.6 Å². The molecule has 0 spiro atoms. The lowest BCUT2D eigenvalue weighted by atomic mass is 9.85. The van der Waals surface area contributed by atoms with Crippen LogP contribution in [0.3, 0.4) is 0 Å². The van der Waals surface area contributed by atoms with Crippen LogP contribution in [-0.4, -0.2) is 23.6 Å². The van der Waals surface area contributed by atoms with Crippen molar-refractivity contribution in [2.75, 3.05) is 11.9 Å². The Morgan fingerprint density at radius 1 is 1.19 bits per heavy atom. The van der Waals surface area contributed by atoms with E-state index in [4.69, 9.17) is 4.52 Å². The Labute approximate surface area is 185 Å². The van der Waals surface area contributed by atoms with E-state index >= 15 is 0 Å². The maximum atomic E-state index is 12.2. The molecule has 1 aromatic heterocycles. The minimum Gasteiger partial charge on any atom is -0.359 e. The fraction of sp³-hybridized carbons (Fsp3) is 0.542. The highest BCUT2D eigenvalue weighted by Crippen LogP contribution is 2.27. The highest BCUT2D eigenvalue weighted by molar-refractivity contribution is 5.93. The minimum atomic E-state index is 0.127. The van der Waals surface area contributed by atoms with Crippen molar-refractivity contribution in [3.63, 3.8) is 0 Å². The molecule has 0 bridgehead atoms. The van der Waals surface area contributed by atoms with Crippen LogP contribution < -0.4 is 16.0 Å². The molecule has 1 amide bonds. The van der Waals surface area contributed by atoms with Crippen LogP contribution in [0.5, 0.6) is 0 Å². The minimum absolute atomic E-state index is 0.127. The van der Waals surface area contributed by atoms with Crippen LogP contribution >= 0.6 is 0 Å². The van der Waals surface area contributed by atoms with Gasteiger partial charge in [-0.25, -0.2) is 4.99 Å². The number of amides is 1. The van der Waals surface area contributed by atoms with E-state index < -0.39 is 0 Å². The predicted octanol–water partition coefficient (Wildman–Crippen LogP) is 4.57. The molecule has 1 aromatic carbocycles. The number of rotatable bonds is 10. The van der Waals surface area contributed by atoms with Crippen molar-refractivity contribution >= 4 is 17.6 Å². The lowest BCUT2D eigenvalue weighted by molar-refractivity contribution is -0.122. The molecule has 7 nitrogen and oxygen atoms in total. The van der Waals surface area contributed by atoms with E-state index in [0.717, 1.165) is 61.4 Å². The third kappa shape index (κ3) is 6.57. The molecule has 1 heterocycles. The third-order valence-electron chi connectivity index (χ3n) is 5.85. The lowest BCUT2D eigenvalue weighted by Gasteiger charge is -2.24. The highest BCUT2D eigenvalue weighted by atomic mass is 16.5. The summed E-state index contributed by atoms with van der Waals surface area (Å²) in [6.07, 6.45) is 5.26. The van der Waals surface area contributed by atoms with Gasteiger partial charge in [0.25, 0.3) is 0 Å². The fourth-order valence-corrected chi connectivity index (χ4v) is 3.66. The lowest BCUT2D eigenvalue weighted by Crippen LogP contribution is -2.36. The smallest absolute Gasteiger partial charge is 0.227 e. The van der Waals surface area contributed by atoms with Gasteiger partial charge < -0.3 is 20.5 Å². The van der Waals surface area contributed by atoms with Crippen LogP contribution in [0.2, 0.25) is 0 Å². The van der Waals surface area contributed by atoms with Crippen LogP contribution in [0.4, 0.5) is 5.69 Å². The first-order chi connectivity index (χ1) is 15.1. The van der Waals surface area contributed by atoms with E-state index in [2.05, 4.69) is 39.9 Å². The van der Waals surface area contributed by atoms with Gasteiger partial charge in [-0.05, 0) is 50.3 Å². The van der Waals surface area contributed by atoms with E-state index in [9.17, 15) is 4.79 Å². The summed E-state index contributed by atoms with van der Waals surface area (Å²) in [5.41, 5.74) is 2.89. The molecule has 31 heavy (non-hydrogen) atoms. The van der Waals surface area contributed by atoms with Gasteiger partial charge in [0.15, 0.2) is 11.7 Å². The van der Waals surface area contributed by atoms with Gasteiger partial charge >= 0.3 is 0 Å². The van der Waals surface area contributed by atoms with Crippen molar-refractivity contribution < 1.29 is 9.32 Å². The largest absolute Gasteiger partial charge is 0.359 e. The number of aliphatic imine (C=N–C) groups is 1. The van der Waals surface area contributed by atoms with Crippen LogP contribution in [-0.2, 0) is 17.9 Å². The Kier molecular flexibility index (Phi) is 8.50. The Bertz CT molecular complexity index is 868. The number of guanidine groups is 1. The van der Waals surface area contributed by atoms with Gasteiger partial charge in [0.2, 0.25) is 5.91 Å². The summed E-state index contributed by atoms with van der Waals surface area (Å²) in [5, 5.41) is 13.8. The fourth-order valence-electron chi connectivity index (χ4n) is 3.66. The maximum Gasteiger partial charge on any atom is 0.227 e. The van der Waals surface area contributed by atoms with Crippen LogP contribution in [0.25, 0.3) is 0 Å². The molecule has 3 N–H and O–H groups in total. The molecule has 0 aliphatic heterocycles. The second-order valence-electron chi connectivity index (χ2n) is 8.10. The Morgan fingerprint density at radius 3 is 2.68 bits per heavy atom. The van der Waals surface area contributed by atoms with Crippen molar-refractivity contribution in [3.05, 3.63) is 47.3 Å². The van der Waals surface area contributed by atoms with E-state index in [-0.39, 0.29) is 11.8 Å². The first-order valence-electron chi connectivity index (χ1n) is 11.5. The van der Waals surface area contributed by atoms with Crippen LogP contribution in [0, 0.1) is 5.92 Å². The maximum absolute atomic E-state index is 12.2. The van der Waals surface area contributed by atoms with Crippen molar-refractivity contribution in [3.8, 4) is 0 Å². The molecule has 0 unspecified atom stereocenters. The van der Waals surface area contributed by atoms with Crippen molar-refractivity contribution in [1.29, 1.82) is 0 Å². The Hall–Kier alpha value is -2.83. The Morgan fingerprint density at radius 2 is 2.00 bits per heavy atom. The molecule has 1 fully saturated rings. The number of anilines is 1. The second kappa shape index (κ2) is 11.5. The number of hydrogen-bond acceptors (Lipinski definition) is 4. The van der Waals surface area contributed by atoms with Gasteiger partial charge in [-0.2, -0.15) is 0 Å². The molecule has 1 aliphatic rings. The van der Waals surface area contributed by atoms with E-state index in [0.29, 0.717) is 25.0 Å². The molecule has 7 heteroatoms. The summed E-state index contributed by atoms with van der Waals surface area (Å²) in [5.74, 6) is 2.26. The molecule has 168 valence electrons. The van der Waals surface area contributed by atoms with Gasteiger partial charge in [-0.3, -0.25) is 4.79 Å².